The van der Waals surface area contributed by atoms with Gasteiger partial charge in [0.05, 0.1) is 12.2 Å². The molecule has 0 aliphatic carbocycles. The van der Waals surface area contributed by atoms with Gasteiger partial charge in [-0.15, -0.1) is 0 Å². The van der Waals surface area contributed by atoms with Crippen LogP contribution in [0.5, 0.6) is 0 Å². The normalized spacial score (nSPS) is 15.2. The van der Waals surface area contributed by atoms with Crippen molar-refractivity contribution in [3.8, 4) is 0 Å². The lowest BCUT2D eigenvalue weighted by molar-refractivity contribution is 0.183. The molecule has 0 heterocycles. The molecule has 1 N–H and O–H groups in total. The lowest BCUT2D eigenvalue weighted by Crippen LogP contribution is -2.15. The van der Waals surface area contributed by atoms with Gasteiger partial charge in [-0.05, 0) is 49.4 Å². The summed E-state index contributed by atoms with van der Waals surface area (Å²) >= 11 is 0. The fourth-order valence-corrected chi connectivity index (χ4v) is 3.24. The summed E-state index contributed by atoms with van der Waals surface area (Å²) in [6, 6.07) is 8.22. The molecule has 3 heteroatoms. The minimum atomic E-state index is -0.741. The summed E-state index contributed by atoms with van der Waals surface area (Å²) in [5, 5.41) is 9.76. The van der Waals surface area contributed by atoms with Crippen LogP contribution in [0.1, 0.15) is 70.3 Å². The van der Waals surface area contributed by atoms with Gasteiger partial charge in [0.25, 0.3) is 0 Å². The minimum absolute atomic E-state index is 0.162. The van der Waals surface area contributed by atoms with Gasteiger partial charge in [-0.1, -0.05) is 51.5 Å². The molecule has 0 aromatic heterocycles. The molecule has 1 rings (SSSR count). The third-order valence-electron chi connectivity index (χ3n) is 3.54. The highest BCUT2D eigenvalue weighted by molar-refractivity contribution is 6.48. The number of hydrogen-bond acceptors (Lipinski definition) is 2. The standard InChI is InChI=1S/C18H31O2Si/c1-14(19)15-9-7-10-16(13-15)17(20-21(5)6)11-8-12-18(2,3)4/h7,9-10,13-14,17,19H,8,11-12H2,1-6H3. The van der Waals surface area contributed by atoms with E-state index in [4.69, 9.17) is 4.43 Å². The first-order valence-electron chi connectivity index (χ1n) is 7.94. The summed E-state index contributed by atoms with van der Waals surface area (Å²) in [5.74, 6) is 0. The summed E-state index contributed by atoms with van der Waals surface area (Å²) < 4.78 is 6.21. The van der Waals surface area contributed by atoms with Crippen LogP contribution in [0.3, 0.4) is 0 Å². The molecule has 0 aliphatic rings. The SMILES string of the molecule is CC(O)c1cccc(C(CCCC(C)(C)C)O[Si](C)C)c1. The molecule has 1 aromatic rings. The summed E-state index contributed by atoms with van der Waals surface area (Å²) in [6.07, 6.45) is 3.17. The van der Waals surface area contributed by atoms with Crippen LogP contribution >= 0.6 is 0 Å². The van der Waals surface area contributed by atoms with E-state index in [-0.39, 0.29) is 6.10 Å². The van der Waals surface area contributed by atoms with E-state index in [2.05, 4.69) is 46.0 Å². The quantitative estimate of drug-likeness (QED) is 0.696. The maximum Gasteiger partial charge on any atom is 0.205 e. The summed E-state index contributed by atoms with van der Waals surface area (Å²) in [5.41, 5.74) is 2.55. The number of aliphatic hydroxyl groups is 1. The average Bonchev–Trinajstić information content (AvgIpc) is 2.36. The zero-order chi connectivity index (χ0) is 16.0. The summed E-state index contributed by atoms with van der Waals surface area (Å²) in [6.45, 7) is 13.0. The van der Waals surface area contributed by atoms with Crippen molar-refractivity contribution in [2.24, 2.45) is 5.41 Å². The molecule has 2 atom stereocenters. The predicted molar refractivity (Wildman–Crippen MR) is 91.7 cm³/mol. The van der Waals surface area contributed by atoms with Crippen molar-refractivity contribution >= 4 is 9.04 Å². The van der Waals surface area contributed by atoms with Gasteiger partial charge >= 0.3 is 0 Å². The molecule has 0 saturated heterocycles. The van der Waals surface area contributed by atoms with Crippen LogP contribution in [-0.4, -0.2) is 14.1 Å². The van der Waals surface area contributed by atoms with Crippen molar-refractivity contribution in [3.05, 3.63) is 35.4 Å². The van der Waals surface area contributed by atoms with E-state index < -0.39 is 15.1 Å². The number of benzene rings is 1. The molecular weight excluding hydrogens is 276 g/mol. The van der Waals surface area contributed by atoms with Gasteiger partial charge in [0.1, 0.15) is 0 Å². The molecular formula is C18H31O2Si. The zero-order valence-corrected chi connectivity index (χ0v) is 15.4. The van der Waals surface area contributed by atoms with E-state index >= 15 is 0 Å². The van der Waals surface area contributed by atoms with E-state index in [0.29, 0.717) is 5.41 Å². The van der Waals surface area contributed by atoms with Gasteiger partial charge in [0, 0.05) is 0 Å². The van der Waals surface area contributed by atoms with Crippen molar-refractivity contribution < 1.29 is 9.53 Å². The molecule has 0 fully saturated rings. The first-order chi connectivity index (χ1) is 9.69. The van der Waals surface area contributed by atoms with E-state index in [0.717, 1.165) is 12.0 Å². The zero-order valence-electron chi connectivity index (χ0n) is 14.4. The second-order valence-corrected chi connectivity index (χ2v) is 9.37. The third-order valence-corrected chi connectivity index (χ3v) is 4.29. The molecule has 21 heavy (non-hydrogen) atoms. The van der Waals surface area contributed by atoms with Crippen molar-refractivity contribution in [3.63, 3.8) is 0 Å². The smallest absolute Gasteiger partial charge is 0.205 e. The van der Waals surface area contributed by atoms with Crippen molar-refractivity contribution in [1.29, 1.82) is 0 Å². The average molecular weight is 308 g/mol. The van der Waals surface area contributed by atoms with E-state index in [1.54, 1.807) is 0 Å². The van der Waals surface area contributed by atoms with E-state index in [1.807, 2.05) is 19.1 Å². The summed E-state index contributed by atoms with van der Waals surface area (Å²) in [4.78, 5) is 0. The molecule has 119 valence electrons. The Kier molecular flexibility index (Phi) is 7.11. The lowest BCUT2D eigenvalue weighted by atomic mass is 9.88. The molecule has 2 unspecified atom stereocenters. The van der Waals surface area contributed by atoms with Gasteiger partial charge in [0.15, 0.2) is 0 Å². The Hall–Kier alpha value is -0.643. The Morgan fingerprint density at radius 1 is 1.19 bits per heavy atom. The molecule has 0 spiro atoms. The summed E-state index contributed by atoms with van der Waals surface area (Å²) in [7, 11) is -0.741. The van der Waals surface area contributed by atoms with Crippen LogP contribution in [0.15, 0.2) is 24.3 Å². The van der Waals surface area contributed by atoms with E-state index in [1.165, 1.54) is 18.4 Å². The molecule has 0 aliphatic heterocycles. The Bertz CT molecular complexity index is 421. The fourth-order valence-electron chi connectivity index (χ4n) is 2.42. The Labute approximate surface area is 132 Å². The first kappa shape index (κ1) is 18.4. The van der Waals surface area contributed by atoms with Crippen LogP contribution < -0.4 is 0 Å². The molecule has 1 radical (unpaired) electrons. The number of aliphatic hydroxyl groups excluding tert-OH is 1. The van der Waals surface area contributed by atoms with Gasteiger partial charge in [-0.2, -0.15) is 0 Å². The second kappa shape index (κ2) is 8.11. The van der Waals surface area contributed by atoms with Crippen molar-refractivity contribution in [2.45, 2.75) is 72.3 Å². The first-order valence-corrected chi connectivity index (χ1v) is 10.3. The number of hydrogen-bond donors (Lipinski definition) is 1. The molecule has 1 aromatic carbocycles. The molecule has 0 saturated carbocycles. The van der Waals surface area contributed by atoms with E-state index in [9.17, 15) is 5.11 Å². The Morgan fingerprint density at radius 2 is 1.81 bits per heavy atom. The lowest BCUT2D eigenvalue weighted by Gasteiger charge is -2.24. The van der Waals surface area contributed by atoms with Crippen LogP contribution in [-0.2, 0) is 4.43 Å². The van der Waals surface area contributed by atoms with Crippen LogP contribution in [0.2, 0.25) is 13.1 Å². The maximum absolute atomic E-state index is 9.76. The Balaban J connectivity index is 2.79. The van der Waals surface area contributed by atoms with Gasteiger partial charge < -0.3 is 9.53 Å². The molecule has 2 nitrogen and oxygen atoms in total. The maximum atomic E-state index is 9.76. The monoisotopic (exact) mass is 307 g/mol. The van der Waals surface area contributed by atoms with Crippen molar-refractivity contribution in [1.82, 2.24) is 0 Å². The Morgan fingerprint density at radius 3 is 2.33 bits per heavy atom. The minimum Gasteiger partial charge on any atom is -0.410 e. The van der Waals surface area contributed by atoms with Crippen LogP contribution in [0.25, 0.3) is 0 Å². The number of rotatable bonds is 7. The highest BCUT2D eigenvalue weighted by atomic mass is 28.3. The van der Waals surface area contributed by atoms with Gasteiger partial charge in [-0.25, -0.2) is 0 Å². The topological polar surface area (TPSA) is 29.5 Å². The predicted octanol–water partition coefficient (Wildman–Crippen LogP) is 5.27. The molecule has 0 bridgehead atoms. The van der Waals surface area contributed by atoms with Crippen LogP contribution in [0.4, 0.5) is 0 Å². The largest absolute Gasteiger partial charge is 0.410 e. The highest BCUT2D eigenvalue weighted by Crippen LogP contribution is 2.30. The van der Waals surface area contributed by atoms with Crippen LogP contribution in [0, 0.1) is 5.41 Å². The molecule has 0 amide bonds. The third kappa shape index (κ3) is 7.25. The second-order valence-electron chi connectivity index (χ2n) is 7.31. The van der Waals surface area contributed by atoms with Gasteiger partial charge in [-0.3, -0.25) is 0 Å². The fraction of sp³-hybridized carbons (Fsp3) is 0.667. The van der Waals surface area contributed by atoms with Gasteiger partial charge in [0.2, 0.25) is 9.04 Å². The van der Waals surface area contributed by atoms with Crippen molar-refractivity contribution in [2.75, 3.05) is 0 Å². The highest BCUT2D eigenvalue weighted by Gasteiger charge is 2.17.